The first-order valence-corrected chi connectivity index (χ1v) is 10.9. The van der Waals surface area contributed by atoms with Crippen molar-refractivity contribution >= 4 is 29.6 Å². The largest absolute Gasteiger partial charge is 0.489 e. The predicted octanol–water partition coefficient (Wildman–Crippen LogP) is 4.41. The van der Waals surface area contributed by atoms with E-state index in [0.717, 1.165) is 21.6 Å². The number of ether oxygens (including phenoxy) is 1. The minimum absolute atomic E-state index is 0.113. The quantitative estimate of drug-likeness (QED) is 0.408. The molecule has 1 heterocycles. The molecular weight excluding hydrogens is 430 g/mol. The summed E-state index contributed by atoms with van der Waals surface area (Å²) >= 11 is 0. The first kappa shape index (κ1) is 22.8. The molecule has 7 nitrogen and oxygen atoms in total. The molecule has 0 unspecified atom stereocenters. The van der Waals surface area contributed by atoms with Crippen molar-refractivity contribution in [2.75, 3.05) is 11.9 Å². The van der Waals surface area contributed by atoms with Gasteiger partial charge in [-0.3, -0.25) is 9.59 Å². The second-order valence-corrected chi connectivity index (χ2v) is 8.14. The van der Waals surface area contributed by atoms with Crippen molar-refractivity contribution < 1.29 is 19.1 Å². The number of benzene rings is 3. The Bertz CT molecular complexity index is 1260. The second kappa shape index (κ2) is 10.0. The zero-order chi connectivity index (χ0) is 24.1. The second-order valence-electron chi connectivity index (χ2n) is 8.14. The normalized spacial score (nSPS) is 14.3. The van der Waals surface area contributed by atoms with Crippen molar-refractivity contribution in [3.63, 3.8) is 0 Å². The summed E-state index contributed by atoms with van der Waals surface area (Å²) in [5.41, 5.74) is 4.69. The highest BCUT2D eigenvalue weighted by atomic mass is 16.5. The van der Waals surface area contributed by atoms with E-state index in [4.69, 9.17) is 4.74 Å². The lowest BCUT2D eigenvalue weighted by Crippen LogP contribution is -2.38. The Kier molecular flexibility index (Phi) is 6.73. The summed E-state index contributed by atoms with van der Waals surface area (Å²) in [6.07, 6.45) is 1.57. The van der Waals surface area contributed by atoms with Crippen LogP contribution in [0.25, 0.3) is 6.08 Å². The molecule has 4 amide bonds. The van der Waals surface area contributed by atoms with Crippen molar-refractivity contribution in [1.29, 1.82) is 0 Å². The molecule has 0 bridgehead atoms. The lowest BCUT2D eigenvalue weighted by Gasteiger charge is -2.12. The molecule has 0 radical (unpaired) electrons. The van der Waals surface area contributed by atoms with E-state index < -0.39 is 17.8 Å². The fourth-order valence-corrected chi connectivity index (χ4v) is 3.58. The SMILES string of the molecule is Cc1cccc(COc2ccc(/C=C3/NC(=O)N(CC(=O)Nc4cccc(C)c4)C3=O)cc2)c1. The van der Waals surface area contributed by atoms with Crippen LogP contribution in [0.1, 0.15) is 22.3 Å². The van der Waals surface area contributed by atoms with E-state index in [1.807, 2.05) is 50.2 Å². The maximum atomic E-state index is 12.7. The molecule has 2 N–H and O–H groups in total. The number of carbonyl (C=O) groups excluding carboxylic acids is 3. The van der Waals surface area contributed by atoms with Crippen LogP contribution in [-0.4, -0.2) is 29.3 Å². The van der Waals surface area contributed by atoms with Gasteiger partial charge in [-0.05, 0) is 60.9 Å². The van der Waals surface area contributed by atoms with Gasteiger partial charge in [-0.1, -0.05) is 54.1 Å². The Morgan fingerprint density at radius 3 is 2.38 bits per heavy atom. The molecule has 1 aliphatic rings. The number of amides is 4. The molecule has 0 saturated carbocycles. The smallest absolute Gasteiger partial charge is 0.329 e. The number of imide groups is 1. The van der Waals surface area contributed by atoms with Crippen molar-refractivity contribution in [3.05, 3.63) is 101 Å². The molecular formula is C27H25N3O4. The summed E-state index contributed by atoms with van der Waals surface area (Å²) in [6, 6.07) is 22.0. The van der Waals surface area contributed by atoms with E-state index in [1.165, 1.54) is 5.56 Å². The van der Waals surface area contributed by atoms with Gasteiger partial charge in [0.15, 0.2) is 0 Å². The van der Waals surface area contributed by atoms with Gasteiger partial charge in [0.25, 0.3) is 5.91 Å². The third-order valence-corrected chi connectivity index (χ3v) is 5.24. The van der Waals surface area contributed by atoms with Crippen LogP contribution in [0.4, 0.5) is 10.5 Å². The number of carbonyl (C=O) groups is 3. The van der Waals surface area contributed by atoms with Crippen LogP contribution in [0.15, 0.2) is 78.5 Å². The molecule has 1 saturated heterocycles. The Morgan fingerprint density at radius 1 is 0.971 bits per heavy atom. The lowest BCUT2D eigenvalue weighted by molar-refractivity contribution is -0.127. The molecule has 3 aromatic rings. The summed E-state index contributed by atoms with van der Waals surface area (Å²) in [4.78, 5) is 38.2. The van der Waals surface area contributed by atoms with Crippen molar-refractivity contribution in [1.82, 2.24) is 10.2 Å². The maximum absolute atomic E-state index is 12.7. The first-order chi connectivity index (χ1) is 16.4. The highest BCUT2D eigenvalue weighted by molar-refractivity contribution is 6.15. The average Bonchev–Trinajstić information content (AvgIpc) is 3.06. The zero-order valence-electron chi connectivity index (χ0n) is 19.0. The maximum Gasteiger partial charge on any atom is 0.329 e. The van der Waals surface area contributed by atoms with Crippen molar-refractivity contribution in [2.45, 2.75) is 20.5 Å². The van der Waals surface area contributed by atoms with E-state index in [2.05, 4.69) is 16.7 Å². The standard InChI is InChI=1S/C27H25N3O4/c1-18-5-3-7-21(13-18)17-34-23-11-9-20(10-12-23)15-24-26(32)30(27(33)29-24)16-25(31)28-22-8-4-6-19(2)14-22/h3-15H,16-17H2,1-2H3,(H,28,31)(H,29,33)/b24-15+. The zero-order valence-corrected chi connectivity index (χ0v) is 19.0. The fourth-order valence-electron chi connectivity index (χ4n) is 3.58. The topological polar surface area (TPSA) is 87.7 Å². The molecule has 1 fully saturated rings. The van der Waals surface area contributed by atoms with Gasteiger partial charge >= 0.3 is 6.03 Å². The summed E-state index contributed by atoms with van der Waals surface area (Å²) in [5.74, 6) is -0.311. The molecule has 0 aromatic heterocycles. The summed E-state index contributed by atoms with van der Waals surface area (Å²) in [5, 5.41) is 5.24. The van der Waals surface area contributed by atoms with Gasteiger partial charge in [0, 0.05) is 5.69 Å². The van der Waals surface area contributed by atoms with Crippen LogP contribution in [0.2, 0.25) is 0 Å². The minimum Gasteiger partial charge on any atom is -0.489 e. The summed E-state index contributed by atoms with van der Waals surface area (Å²) in [6.45, 7) is 4.03. The number of anilines is 1. The van der Waals surface area contributed by atoms with Crippen LogP contribution in [0.3, 0.4) is 0 Å². The molecule has 0 aliphatic carbocycles. The van der Waals surface area contributed by atoms with Crippen LogP contribution in [0.5, 0.6) is 5.75 Å². The molecule has 34 heavy (non-hydrogen) atoms. The summed E-state index contributed by atoms with van der Waals surface area (Å²) in [7, 11) is 0. The Labute approximate surface area is 198 Å². The van der Waals surface area contributed by atoms with Gasteiger partial charge < -0.3 is 15.4 Å². The Morgan fingerprint density at radius 2 is 1.68 bits per heavy atom. The third-order valence-electron chi connectivity index (χ3n) is 5.24. The molecule has 0 spiro atoms. The molecule has 4 rings (SSSR count). The number of aryl methyl sites for hydroxylation is 2. The van der Waals surface area contributed by atoms with Crippen LogP contribution < -0.4 is 15.4 Å². The van der Waals surface area contributed by atoms with Gasteiger partial charge in [-0.15, -0.1) is 0 Å². The third kappa shape index (κ3) is 5.69. The Balaban J connectivity index is 1.36. The van der Waals surface area contributed by atoms with Gasteiger partial charge in [0.2, 0.25) is 5.91 Å². The molecule has 7 heteroatoms. The summed E-state index contributed by atoms with van der Waals surface area (Å²) < 4.78 is 5.82. The monoisotopic (exact) mass is 455 g/mol. The minimum atomic E-state index is -0.631. The number of rotatable bonds is 7. The van der Waals surface area contributed by atoms with E-state index >= 15 is 0 Å². The number of urea groups is 1. The van der Waals surface area contributed by atoms with E-state index in [9.17, 15) is 14.4 Å². The molecule has 172 valence electrons. The molecule has 0 atom stereocenters. The van der Waals surface area contributed by atoms with Crippen molar-refractivity contribution in [3.8, 4) is 5.75 Å². The van der Waals surface area contributed by atoms with E-state index in [1.54, 1.807) is 36.4 Å². The van der Waals surface area contributed by atoms with Crippen LogP contribution in [-0.2, 0) is 16.2 Å². The first-order valence-electron chi connectivity index (χ1n) is 10.9. The predicted molar refractivity (Wildman–Crippen MR) is 130 cm³/mol. The number of nitrogens with zero attached hydrogens (tertiary/aromatic N) is 1. The van der Waals surface area contributed by atoms with Crippen LogP contribution in [0, 0.1) is 13.8 Å². The number of hydrogen-bond acceptors (Lipinski definition) is 4. The highest BCUT2D eigenvalue weighted by Gasteiger charge is 2.34. The number of hydrogen-bond donors (Lipinski definition) is 2. The average molecular weight is 456 g/mol. The van der Waals surface area contributed by atoms with E-state index in [0.29, 0.717) is 18.0 Å². The Hall–Kier alpha value is -4.39. The van der Waals surface area contributed by atoms with Gasteiger partial charge in [-0.2, -0.15) is 0 Å². The fraction of sp³-hybridized carbons (Fsp3) is 0.148. The van der Waals surface area contributed by atoms with Gasteiger partial charge in [-0.25, -0.2) is 9.69 Å². The van der Waals surface area contributed by atoms with Crippen LogP contribution >= 0.6 is 0 Å². The number of nitrogens with one attached hydrogen (secondary N) is 2. The van der Waals surface area contributed by atoms with Crippen molar-refractivity contribution in [2.24, 2.45) is 0 Å². The van der Waals surface area contributed by atoms with E-state index in [-0.39, 0.29) is 12.2 Å². The lowest BCUT2D eigenvalue weighted by atomic mass is 10.1. The highest BCUT2D eigenvalue weighted by Crippen LogP contribution is 2.19. The molecule has 3 aromatic carbocycles. The van der Waals surface area contributed by atoms with Gasteiger partial charge in [0.05, 0.1) is 0 Å². The molecule has 1 aliphatic heterocycles. The van der Waals surface area contributed by atoms with Gasteiger partial charge in [0.1, 0.15) is 24.6 Å².